The normalized spacial score (nSPS) is 13.4. The van der Waals surface area contributed by atoms with Gasteiger partial charge in [-0.15, -0.1) is 0 Å². The van der Waals surface area contributed by atoms with Gasteiger partial charge in [-0.1, -0.05) is 35.3 Å². The molecule has 0 atom stereocenters. The van der Waals surface area contributed by atoms with Gasteiger partial charge in [-0.25, -0.2) is 4.68 Å². The molecule has 1 aliphatic heterocycles. The fourth-order valence-corrected chi connectivity index (χ4v) is 3.99. The predicted octanol–water partition coefficient (Wildman–Crippen LogP) is 5.61. The van der Waals surface area contributed by atoms with Gasteiger partial charge in [0.05, 0.1) is 35.5 Å². The number of hydrogen-bond acceptors (Lipinski definition) is 4. The van der Waals surface area contributed by atoms with E-state index in [4.69, 9.17) is 37.8 Å². The molecule has 4 rings (SSSR count). The molecule has 146 valence electrons. The van der Waals surface area contributed by atoms with Gasteiger partial charge in [0.15, 0.2) is 0 Å². The molecule has 1 aromatic heterocycles. The van der Waals surface area contributed by atoms with Crippen LogP contribution in [0.2, 0.25) is 10.0 Å². The smallest absolute Gasteiger partial charge is 0.133 e. The van der Waals surface area contributed by atoms with Crippen LogP contribution in [0, 0.1) is 0 Å². The van der Waals surface area contributed by atoms with E-state index in [1.165, 1.54) is 0 Å². The number of nitrogens with zero attached hydrogens (tertiary/aromatic N) is 2. The lowest BCUT2D eigenvalue weighted by molar-refractivity contribution is 0.397. The zero-order chi connectivity index (χ0) is 19.7. The average molecular weight is 418 g/mol. The first-order valence-corrected chi connectivity index (χ1v) is 9.92. The second kappa shape index (κ2) is 7.94. The number of ether oxygens (including phenoxy) is 2. The molecule has 0 amide bonds. The number of nitrogens with one attached hydrogen (secondary N) is 1. The molecule has 0 bridgehead atoms. The maximum absolute atomic E-state index is 6.51. The molecule has 0 unspecified atom stereocenters. The summed E-state index contributed by atoms with van der Waals surface area (Å²) < 4.78 is 13.1. The van der Waals surface area contributed by atoms with Crippen molar-refractivity contribution in [2.24, 2.45) is 0 Å². The molecule has 2 aromatic carbocycles. The van der Waals surface area contributed by atoms with Gasteiger partial charge in [-0.2, -0.15) is 5.10 Å². The fourth-order valence-electron chi connectivity index (χ4n) is 3.62. The Morgan fingerprint density at radius 3 is 2.43 bits per heavy atom. The summed E-state index contributed by atoms with van der Waals surface area (Å²) in [6.45, 7) is 0.874. The van der Waals surface area contributed by atoms with Crippen molar-refractivity contribution in [3.8, 4) is 28.4 Å². The summed E-state index contributed by atoms with van der Waals surface area (Å²) in [5.41, 5.74) is 3.52. The third-order valence-corrected chi connectivity index (χ3v) is 5.76. The predicted molar refractivity (Wildman–Crippen MR) is 114 cm³/mol. The van der Waals surface area contributed by atoms with Crippen molar-refractivity contribution >= 4 is 29.0 Å². The molecule has 0 saturated heterocycles. The number of aromatic nitrogens is 2. The van der Waals surface area contributed by atoms with Crippen LogP contribution in [0.15, 0.2) is 36.4 Å². The molecule has 1 aliphatic rings. The Morgan fingerprint density at radius 2 is 1.71 bits per heavy atom. The Hall–Kier alpha value is -2.37. The summed E-state index contributed by atoms with van der Waals surface area (Å²) in [6.07, 6.45) is 3.05. The summed E-state index contributed by atoms with van der Waals surface area (Å²) in [4.78, 5) is 0. The molecule has 28 heavy (non-hydrogen) atoms. The van der Waals surface area contributed by atoms with Crippen LogP contribution < -0.4 is 14.8 Å². The lowest BCUT2D eigenvalue weighted by atomic mass is 10.0. The number of methoxy groups -OCH3 is 2. The Balaban J connectivity index is 2.01. The number of rotatable bonds is 4. The molecular formula is C21H21Cl2N3O2. The molecule has 7 heteroatoms. The first kappa shape index (κ1) is 19.0. The molecule has 3 aromatic rings. The molecule has 2 heterocycles. The number of hydrogen-bond donors (Lipinski definition) is 1. The minimum atomic E-state index is 0.471. The van der Waals surface area contributed by atoms with E-state index in [1.807, 2.05) is 35.0 Å². The topological polar surface area (TPSA) is 48.3 Å². The van der Waals surface area contributed by atoms with Crippen LogP contribution in [0.3, 0.4) is 0 Å². The second-order valence-corrected chi connectivity index (χ2v) is 7.37. The van der Waals surface area contributed by atoms with E-state index >= 15 is 0 Å². The number of fused-ring (bicyclic) bond motifs is 1. The van der Waals surface area contributed by atoms with Gasteiger partial charge >= 0.3 is 0 Å². The van der Waals surface area contributed by atoms with Crippen molar-refractivity contribution < 1.29 is 9.47 Å². The highest BCUT2D eigenvalue weighted by Gasteiger charge is 2.26. The first-order valence-electron chi connectivity index (χ1n) is 9.17. The van der Waals surface area contributed by atoms with Crippen molar-refractivity contribution in [1.82, 2.24) is 9.78 Å². The number of halogens is 2. The summed E-state index contributed by atoms with van der Waals surface area (Å²) in [5.74, 6) is 2.37. The zero-order valence-corrected chi connectivity index (χ0v) is 17.3. The Kier molecular flexibility index (Phi) is 5.38. The maximum atomic E-state index is 6.51. The largest absolute Gasteiger partial charge is 0.496 e. The SMILES string of the molecule is COc1cccc(OC)c1-c1nn(-c2cccc(Cl)c2Cl)c2c1CCCCN2. The van der Waals surface area contributed by atoms with Gasteiger partial charge in [0.1, 0.15) is 23.0 Å². The maximum Gasteiger partial charge on any atom is 0.133 e. The van der Waals surface area contributed by atoms with Crippen LogP contribution >= 0.6 is 23.2 Å². The summed E-state index contributed by atoms with van der Waals surface area (Å²) in [7, 11) is 3.31. The minimum Gasteiger partial charge on any atom is -0.496 e. The van der Waals surface area contributed by atoms with E-state index in [0.717, 1.165) is 54.1 Å². The van der Waals surface area contributed by atoms with Gasteiger partial charge in [-0.3, -0.25) is 0 Å². The summed E-state index contributed by atoms with van der Waals surface area (Å²) in [6, 6.07) is 11.3. The Labute approximate surface area is 174 Å². The van der Waals surface area contributed by atoms with E-state index in [2.05, 4.69) is 5.32 Å². The van der Waals surface area contributed by atoms with Crippen LogP contribution in [-0.2, 0) is 6.42 Å². The lowest BCUT2D eigenvalue weighted by Gasteiger charge is -2.12. The molecule has 0 radical (unpaired) electrons. The van der Waals surface area contributed by atoms with E-state index in [0.29, 0.717) is 21.5 Å². The Morgan fingerprint density at radius 1 is 1.00 bits per heavy atom. The van der Waals surface area contributed by atoms with Gasteiger partial charge in [0.25, 0.3) is 0 Å². The van der Waals surface area contributed by atoms with Crippen molar-refractivity contribution in [3.05, 3.63) is 52.0 Å². The van der Waals surface area contributed by atoms with E-state index in [1.54, 1.807) is 20.3 Å². The van der Waals surface area contributed by atoms with Gasteiger partial charge in [0, 0.05) is 12.1 Å². The van der Waals surface area contributed by atoms with E-state index in [9.17, 15) is 0 Å². The van der Waals surface area contributed by atoms with Crippen molar-refractivity contribution in [2.45, 2.75) is 19.3 Å². The molecular weight excluding hydrogens is 397 g/mol. The lowest BCUT2D eigenvalue weighted by Crippen LogP contribution is -2.07. The second-order valence-electron chi connectivity index (χ2n) is 6.58. The third kappa shape index (κ3) is 3.19. The van der Waals surface area contributed by atoms with Gasteiger partial charge in [-0.05, 0) is 43.5 Å². The molecule has 0 saturated carbocycles. The van der Waals surface area contributed by atoms with Crippen LogP contribution in [0.1, 0.15) is 18.4 Å². The fraction of sp³-hybridized carbons (Fsp3) is 0.286. The van der Waals surface area contributed by atoms with E-state index < -0.39 is 0 Å². The van der Waals surface area contributed by atoms with Crippen molar-refractivity contribution in [2.75, 3.05) is 26.1 Å². The number of benzene rings is 2. The molecule has 1 N–H and O–H groups in total. The Bertz CT molecular complexity index is 995. The van der Waals surface area contributed by atoms with Gasteiger partial charge < -0.3 is 14.8 Å². The molecule has 5 nitrogen and oxygen atoms in total. The first-order chi connectivity index (χ1) is 13.7. The summed E-state index contributed by atoms with van der Waals surface area (Å²) in [5, 5.41) is 9.43. The van der Waals surface area contributed by atoms with Crippen LogP contribution in [0.4, 0.5) is 5.82 Å². The van der Waals surface area contributed by atoms with E-state index in [-0.39, 0.29) is 0 Å². The van der Waals surface area contributed by atoms with Crippen LogP contribution in [0.5, 0.6) is 11.5 Å². The third-order valence-electron chi connectivity index (χ3n) is 4.95. The van der Waals surface area contributed by atoms with Crippen LogP contribution in [0.25, 0.3) is 16.9 Å². The van der Waals surface area contributed by atoms with Gasteiger partial charge in [0.2, 0.25) is 0 Å². The monoisotopic (exact) mass is 417 g/mol. The highest BCUT2D eigenvalue weighted by molar-refractivity contribution is 6.43. The quantitative estimate of drug-likeness (QED) is 0.598. The highest BCUT2D eigenvalue weighted by atomic mass is 35.5. The zero-order valence-electron chi connectivity index (χ0n) is 15.8. The number of anilines is 1. The van der Waals surface area contributed by atoms with Crippen molar-refractivity contribution in [3.63, 3.8) is 0 Å². The van der Waals surface area contributed by atoms with Crippen LogP contribution in [-0.4, -0.2) is 30.5 Å². The average Bonchev–Trinajstić information content (AvgIpc) is 2.89. The summed E-state index contributed by atoms with van der Waals surface area (Å²) >= 11 is 12.8. The highest BCUT2D eigenvalue weighted by Crippen LogP contribution is 2.43. The minimum absolute atomic E-state index is 0.471. The standard InChI is InChI=1S/C21H21Cl2N3O2/c1-27-16-10-6-11-17(28-2)18(16)20-13-7-3-4-12-24-21(13)26(25-20)15-9-5-8-14(22)19(15)23/h5-6,8-11,24H,3-4,7,12H2,1-2H3. The molecule has 0 spiro atoms. The van der Waals surface area contributed by atoms with Crippen molar-refractivity contribution in [1.29, 1.82) is 0 Å². The molecule has 0 aliphatic carbocycles. The molecule has 0 fully saturated rings.